The number of nitro benzene ring substituents is 1. The van der Waals surface area contributed by atoms with Crippen molar-refractivity contribution in [1.82, 2.24) is 0 Å². The first-order chi connectivity index (χ1) is 7.80. The predicted octanol–water partition coefficient (Wildman–Crippen LogP) is 3.30. The lowest BCUT2D eigenvalue weighted by Crippen LogP contribution is -2.21. The Hall–Kier alpha value is -1.36. The van der Waals surface area contributed by atoms with Gasteiger partial charge in [-0.25, -0.2) is 0 Å². The van der Waals surface area contributed by atoms with Gasteiger partial charge in [-0.1, -0.05) is 20.8 Å². The van der Waals surface area contributed by atoms with Crippen LogP contribution in [-0.2, 0) is 4.79 Å². The third kappa shape index (κ3) is 4.19. The van der Waals surface area contributed by atoms with E-state index in [1.165, 1.54) is 23.9 Å². The molecule has 92 valence electrons. The zero-order valence-corrected chi connectivity index (χ0v) is 10.9. The minimum atomic E-state index is -0.436. The molecule has 0 aliphatic heterocycles. The Balaban J connectivity index is 2.59. The fourth-order valence-electron chi connectivity index (χ4n) is 1.03. The molecule has 0 bridgehead atoms. The molecular weight excluding hydrogens is 238 g/mol. The molecule has 0 radical (unpaired) electrons. The number of benzene rings is 1. The highest BCUT2D eigenvalue weighted by molar-refractivity contribution is 8.00. The molecule has 0 aliphatic rings. The lowest BCUT2D eigenvalue weighted by molar-refractivity contribution is -0.384. The number of nitro groups is 1. The van der Waals surface area contributed by atoms with E-state index < -0.39 is 4.92 Å². The molecule has 0 unspecified atom stereocenters. The van der Waals surface area contributed by atoms with Crippen molar-refractivity contribution in [2.75, 3.05) is 5.75 Å². The Kier molecular flexibility index (Phi) is 4.28. The summed E-state index contributed by atoms with van der Waals surface area (Å²) in [5, 5.41) is 10.5. The molecule has 0 aromatic heterocycles. The first-order valence-electron chi connectivity index (χ1n) is 5.21. The van der Waals surface area contributed by atoms with Crippen LogP contribution in [0.5, 0.6) is 0 Å². The summed E-state index contributed by atoms with van der Waals surface area (Å²) in [5.74, 6) is 0.558. The van der Waals surface area contributed by atoms with E-state index in [4.69, 9.17) is 0 Å². The predicted molar refractivity (Wildman–Crippen MR) is 68.3 cm³/mol. The largest absolute Gasteiger partial charge is 0.298 e. The molecule has 0 N–H and O–H groups in total. The van der Waals surface area contributed by atoms with Crippen LogP contribution < -0.4 is 0 Å². The number of carbonyl (C=O) groups excluding carboxylic acids is 1. The fourth-order valence-corrected chi connectivity index (χ4v) is 2.09. The lowest BCUT2D eigenvalue weighted by atomic mass is 9.92. The van der Waals surface area contributed by atoms with Crippen LogP contribution in [0.15, 0.2) is 29.2 Å². The van der Waals surface area contributed by atoms with Crippen molar-refractivity contribution in [3.63, 3.8) is 0 Å². The van der Waals surface area contributed by atoms with E-state index in [0.717, 1.165) is 4.90 Å². The van der Waals surface area contributed by atoms with Crippen molar-refractivity contribution < 1.29 is 9.72 Å². The maximum absolute atomic E-state index is 11.7. The van der Waals surface area contributed by atoms with Crippen LogP contribution in [0.1, 0.15) is 20.8 Å². The quantitative estimate of drug-likeness (QED) is 0.469. The summed E-state index contributed by atoms with van der Waals surface area (Å²) in [7, 11) is 0. The van der Waals surface area contributed by atoms with Crippen LogP contribution in [0.4, 0.5) is 5.69 Å². The van der Waals surface area contributed by atoms with Gasteiger partial charge in [0, 0.05) is 22.4 Å². The van der Waals surface area contributed by atoms with Crippen LogP contribution in [0, 0.1) is 15.5 Å². The average molecular weight is 253 g/mol. The molecule has 1 rings (SSSR count). The number of Topliss-reactive ketones (excluding diaryl/α,β-unsaturated/α-hetero) is 1. The molecule has 0 atom stereocenters. The van der Waals surface area contributed by atoms with E-state index in [0.29, 0.717) is 5.75 Å². The standard InChI is InChI=1S/C12H15NO3S/c1-12(2,3)11(14)8-17-10-6-4-9(5-7-10)13(15)16/h4-7H,8H2,1-3H3. The van der Waals surface area contributed by atoms with Gasteiger partial charge in [0.2, 0.25) is 0 Å². The highest BCUT2D eigenvalue weighted by Gasteiger charge is 2.20. The van der Waals surface area contributed by atoms with Gasteiger partial charge in [-0.3, -0.25) is 14.9 Å². The number of non-ortho nitro benzene ring substituents is 1. The second-order valence-corrected chi connectivity index (χ2v) is 5.76. The second kappa shape index (κ2) is 5.31. The van der Waals surface area contributed by atoms with Crippen LogP contribution in [0.3, 0.4) is 0 Å². The van der Waals surface area contributed by atoms with Crippen molar-refractivity contribution in [2.45, 2.75) is 25.7 Å². The number of nitrogens with zero attached hydrogens (tertiary/aromatic N) is 1. The van der Waals surface area contributed by atoms with E-state index in [-0.39, 0.29) is 16.9 Å². The smallest absolute Gasteiger partial charge is 0.269 e. The second-order valence-electron chi connectivity index (χ2n) is 4.71. The first-order valence-corrected chi connectivity index (χ1v) is 6.20. The topological polar surface area (TPSA) is 60.2 Å². The molecule has 4 nitrogen and oxygen atoms in total. The molecule has 0 heterocycles. The zero-order chi connectivity index (χ0) is 13.1. The summed E-state index contributed by atoms with van der Waals surface area (Å²) >= 11 is 1.40. The number of carbonyl (C=O) groups is 1. The summed E-state index contributed by atoms with van der Waals surface area (Å²) in [4.78, 5) is 22.6. The maximum atomic E-state index is 11.7. The minimum absolute atomic E-state index is 0.0662. The van der Waals surface area contributed by atoms with Crippen LogP contribution in [-0.4, -0.2) is 16.5 Å². The van der Waals surface area contributed by atoms with Gasteiger partial charge in [0.05, 0.1) is 10.7 Å². The third-order valence-corrected chi connectivity index (χ3v) is 3.27. The van der Waals surface area contributed by atoms with E-state index in [1.807, 2.05) is 20.8 Å². The number of rotatable bonds is 4. The van der Waals surface area contributed by atoms with E-state index in [2.05, 4.69) is 0 Å². The monoisotopic (exact) mass is 253 g/mol. The van der Waals surface area contributed by atoms with Gasteiger partial charge in [0.15, 0.2) is 0 Å². The Labute approximate surface area is 105 Å². The molecule has 0 spiro atoms. The number of thioether (sulfide) groups is 1. The summed E-state index contributed by atoms with van der Waals surface area (Å²) in [6.45, 7) is 5.64. The van der Waals surface area contributed by atoms with Crippen molar-refractivity contribution in [3.8, 4) is 0 Å². The van der Waals surface area contributed by atoms with Gasteiger partial charge in [0.1, 0.15) is 5.78 Å². The Bertz CT molecular complexity index is 420. The Morgan fingerprint density at radius 2 is 1.82 bits per heavy atom. The van der Waals surface area contributed by atoms with Crippen molar-refractivity contribution in [3.05, 3.63) is 34.4 Å². The van der Waals surface area contributed by atoms with Gasteiger partial charge < -0.3 is 0 Å². The highest BCUT2D eigenvalue weighted by atomic mass is 32.2. The molecule has 0 fully saturated rings. The van der Waals surface area contributed by atoms with Crippen LogP contribution >= 0.6 is 11.8 Å². The third-order valence-electron chi connectivity index (χ3n) is 2.25. The van der Waals surface area contributed by atoms with E-state index >= 15 is 0 Å². The molecule has 0 amide bonds. The van der Waals surface area contributed by atoms with Gasteiger partial charge in [-0.05, 0) is 12.1 Å². The molecule has 1 aromatic carbocycles. The maximum Gasteiger partial charge on any atom is 0.269 e. The van der Waals surface area contributed by atoms with Gasteiger partial charge >= 0.3 is 0 Å². The van der Waals surface area contributed by atoms with E-state index in [9.17, 15) is 14.9 Å². The fraction of sp³-hybridized carbons (Fsp3) is 0.417. The first kappa shape index (κ1) is 13.7. The van der Waals surface area contributed by atoms with Crippen molar-refractivity contribution in [1.29, 1.82) is 0 Å². The average Bonchev–Trinajstić information content (AvgIpc) is 2.25. The summed E-state index contributed by atoms with van der Waals surface area (Å²) < 4.78 is 0. The molecule has 17 heavy (non-hydrogen) atoms. The van der Waals surface area contributed by atoms with Crippen molar-refractivity contribution in [2.24, 2.45) is 5.41 Å². The lowest BCUT2D eigenvalue weighted by Gasteiger charge is -2.15. The molecule has 0 saturated heterocycles. The summed E-state index contributed by atoms with van der Waals surface area (Å²) in [6.07, 6.45) is 0. The van der Waals surface area contributed by atoms with Crippen molar-refractivity contribution >= 4 is 23.2 Å². The zero-order valence-electron chi connectivity index (χ0n) is 10.1. The van der Waals surface area contributed by atoms with Crippen LogP contribution in [0.25, 0.3) is 0 Å². The highest BCUT2D eigenvalue weighted by Crippen LogP contribution is 2.24. The molecule has 1 aromatic rings. The van der Waals surface area contributed by atoms with Gasteiger partial charge in [0.25, 0.3) is 5.69 Å². The summed E-state index contributed by atoms with van der Waals surface area (Å²) in [6, 6.07) is 6.23. The molecule has 0 aliphatic carbocycles. The molecule has 5 heteroatoms. The Morgan fingerprint density at radius 1 is 1.29 bits per heavy atom. The van der Waals surface area contributed by atoms with Gasteiger partial charge in [-0.2, -0.15) is 0 Å². The molecule has 0 saturated carbocycles. The number of ketones is 1. The molecular formula is C12H15NO3S. The van der Waals surface area contributed by atoms with Crippen LogP contribution in [0.2, 0.25) is 0 Å². The number of hydrogen-bond donors (Lipinski definition) is 0. The minimum Gasteiger partial charge on any atom is -0.298 e. The number of hydrogen-bond acceptors (Lipinski definition) is 4. The normalized spacial score (nSPS) is 11.2. The Morgan fingerprint density at radius 3 is 2.24 bits per heavy atom. The van der Waals surface area contributed by atoms with E-state index in [1.54, 1.807) is 12.1 Å². The summed E-state index contributed by atoms with van der Waals surface area (Å²) in [5.41, 5.74) is -0.273. The SMILES string of the molecule is CC(C)(C)C(=O)CSc1ccc([N+](=O)[O-])cc1. The van der Waals surface area contributed by atoms with Gasteiger partial charge in [-0.15, -0.1) is 11.8 Å².